The maximum Gasteiger partial charge on any atom is 0.242 e. The molecule has 0 aromatic heterocycles. The fourth-order valence-electron chi connectivity index (χ4n) is 4.38. The number of hydrogen-bond donors (Lipinski definition) is 1. The monoisotopic (exact) mass is 573 g/mol. The summed E-state index contributed by atoms with van der Waals surface area (Å²) < 4.78 is 41.1. The molecule has 7 nitrogen and oxygen atoms in total. The van der Waals surface area contributed by atoms with E-state index < -0.39 is 21.9 Å². The normalized spacial score (nSPS) is 12.0. The van der Waals surface area contributed by atoms with Gasteiger partial charge in [0, 0.05) is 43.6 Å². The van der Waals surface area contributed by atoms with Crippen LogP contribution < -0.4 is 9.62 Å². The Morgan fingerprint density at radius 3 is 2.31 bits per heavy atom. The van der Waals surface area contributed by atoms with Gasteiger partial charge in [-0.25, -0.2) is 12.8 Å². The van der Waals surface area contributed by atoms with Gasteiger partial charge in [-0.1, -0.05) is 66.2 Å². The lowest BCUT2D eigenvalue weighted by Gasteiger charge is -2.32. The quantitative estimate of drug-likeness (QED) is 0.340. The highest BCUT2D eigenvalue weighted by atomic mass is 35.5. The van der Waals surface area contributed by atoms with E-state index in [1.54, 1.807) is 43.3 Å². The Morgan fingerprint density at radius 2 is 1.67 bits per heavy atom. The molecule has 1 atom stereocenters. The average molecular weight is 574 g/mol. The van der Waals surface area contributed by atoms with Crippen LogP contribution >= 0.6 is 11.6 Å². The van der Waals surface area contributed by atoms with Crippen molar-refractivity contribution in [1.82, 2.24) is 10.2 Å². The summed E-state index contributed by atoms with van der Waals surface area (Å²) in [4.78, 5) is 28.0. The van der Waals surface area contributed by atoms with E-state index in [0.29, 0.717) is 16.3 Å². The number of nitrogens with zero attached hydrogens (tertiary/aromatic N) is 2. The molecule has 3 rings (SSSR count). The number of benzene rings is 3. The predicted molar refractivity (Wildman–Crippen MR) is 153 cm³/mol. The van der Waals surface area contributed by atoms with Gasteiger partial charge in [-0.05, 0) is 42.7 Å². The van der Waals surface area contributed by atoms with Crippen LogP contribution in [0.1, 0.15) is 29.5 Å². The highest BCUT2D eigenvalue weighted by Gasteiger charge is 2.30. The minimum atomic E-state index is -3.67. The molecule has 208 valence electrons. The van der Waals surface area contributed by atoms with E-state index in [4.69, 9.17) is 11.6 Å². The molecule has 0 saturated carbocycles. The van der Waals surface area contributed by atoms with Crippen LogP contribution in [-0.4, -0.2) is 51.0 Å². The zero-order chi connectivity index (χ0) is 28.6. The summed E-state index contributed by atoms with van der Waals surface area (Å²) in [6.45, 7) is 1.65. The van der Waals surface area contributed by atoms with Crippen LogP contribution in [-0.2, 0) is 32.6 Å². The second-order valence-corrected chi connectivity index (χ2v) is 11.6. The fraction of sp³-hybridized carbons (Fsp3) is 0.310. The molecule has 10 heteroatoms. The van der Waals surface area contributed by atoms with E-state index in [-0.39, 0.29) is 49.7 Å². The number of anilines is 1. The van der Waals surface area contributed by atoms with Gasteiger partial charge in [0.15, 0.2) is 0 Å². The molecule has 0 heterocycles. The molecule has 3 aromatic rings. The molecule has 0 aliphatic heterocycles. The zero-order valence-electron chi connectivity index (χ0n) is 22.2. The molecule has 0 saturated heterocycles. The Morgan fingerprint density at radius 1 is 1.00 bits per heavy atom. The number of rotatable bonds is 12. The minimum absolute atomic E-state index is 0.0304. The lowest BCUT2D eigenvalue weighted by atomic mass is 10.0. The molecule has 0 bridgehead atoms. The second kappa shape index (κ2) is 13.6. The minimum Gasteiger partial charge on any atom is -0.357 e. The number of carbonyl (C=O) groups is 2. The van der Waals surface area contributed by atoms with E-state index in [2.05, 4.69) is 5.32 Å². The van der Waals surface area contributed by atoms with Gasteiger partial charge in [-0.3, -0.25) is 13.9 Å². The Hall–Kier alpha value is -3.43. The summed E-state index contributed by atoms with van der Waals surface area (Å²) >= 11 is 6.22. The highest BCUT2D eigenvalue weighted by molar-refractivity contribution is 7.92. The van der Waals surface area contributed by atoms with E-state index >= 15 is 0 Å². The number of likely N-dealkylation sites (N-methyl/N-ethyl adjacent to an activating group) is 1. The van der Waals surface area contributed by atoms with Crippen molar-refractivity contribution in [1.29, 1.82) is 0 Å². The SMILES string of the molecule is CNC(=O)[C@H](Cc1ccccc1)N(Cc1ccccc1F)C(=O)CCCN(c1cccc(Cl)c1C)S(C)(=O)=O. The van der Waals surface area contributed by atoms with Crippen LogP contribution in [0.15, 0.2) is 72.8 Å². The van der Waals surface area contributed by atoms with Crippen LogP contribution in [0.4, 0.5) is 10.1 Å². The van der Waals surface area contributed by atoms with Crippen molar-refractivity contribution in [3.63, 3.8) is 0 Å². The number of hydrogen-bond acceptors (Lipinski definition) is 4. The second-order valence-electron chi connectivity index (χ2n) is 9.26. The fourth-order valence-corrected chi connectivity index (χ4v) is 5.56. The molecule has 39 heavy (non-hydrogen) atoms. The summed E-state index contributed by atoms with van der Waals surface area (Å²) in [5.74, 6) is -1.25. The van der Waals surface area contributed by atoms with Crippen LogP contribution in [0.3, 0.4) is 0 Å². The van der Waals surface area contributed by atoms with Gasteiger partial charge in [0.05, 0.1) is 11.9 Å². The first-order valence-electron chi connectivity index (χ1n) is 12.5. The summed E-state index contributed by atoms with van der Waals surface area (Å²) in [5.41, 5.74) is 2.17. The third kappa shape index (κ3) is 8.03. The van der Waals surface area contributed by atoms with Gasteiger partial charge in [0.2, 0.25) is 21.8 Å². The molecule has 0 aliphatic rings. The van der Waals surface area contributed by atoms with Gasteiger partial charge >= 0.3 is 0 Å². The smallest absolute Gasteiger partial charge is 0.242 e. The van der Waals surface area contributed by atoms with Crippen LogP contribution in [0.25, 0.3) is 0 Å². The Balaban J connectivity index is 1.87. The average Bonchev–Trinajstić information content (AvgIpc) is 2.91. The molecule has 0 aliphatic carbocycles. The van der Waals surface area contributed by atoms with Gasteiger partial charge < -0.3 is 10.2 Å². The molecule has 2 amide bonds. The summed E-state index contributed by atoms with van der Waals surface area (Å²) in [5, 5.41) is 3.05. The number of nitrogens with one attached hydrogen (secondary N) is 1. The van der Waals surface area contributed by atoms with Crippen LogP contribution in [0, 0.1) is 12.7 Å². The lowest BCUT2D eigenvalue weighted by Crippen LogP contribution is -2.50. The van der Waals surface area contributed by atoms with Gasteiger partial charge in [-0.15, -0.1) is 0 Å². The molecule has 0 spiro atoms. The Bertz CT molecular complexity index is 1400. The number of amides is 2. The third-order valence-corrected chi connectivity index (χ3v) is 8.07. The van der Waals surface area contributed by atoms with E-state index in [1.807, 2.05) is 30.3 Å². The molecule has 0 unspecified atom stereocenters. The van der Waals surface area contributed by atoms with Crippen molar-refractivity contribution in [2.45, 2.75) is 38.8 Å². The first-order valence-corrected chi connectivity index (χ1v) is 14.8. The van der Waals surface area contributed by atoms with Gasteiger partial charge in [-0.2, -0.15) is 0 Å². The van der Waals surface area contributed by atoms with Crippen LogP contribution in [0.2, 0.25) is 5.02 Å². The topological polar surface area (TPSA) is 86.8 Å². The molecular formula is C29H33ClFN3O4S. The van der Waals surface area contributed by atoms with Crippen LogP contribution in [0.5, 0.6) is 0 Å². The van der Waals surface area contributed by atoms with Crippen molar-refractivity contribution in [2.75, 3.05) is 24.2 Å². The molecule has 1 N–H and O–H groups in total. The summed E-state index contributed by atoms with van der Waals surface area (Å²) in [6.07, 6.45) is 1.46. The first-order chi connectivity index (χ1) is 18.5. The first kappa shape index (κ1) is 30.1. The number of halogens is 2. The maximum atomic E-state index is 14.6. The van der Waals surface area contributed by atoms with Crippen molar-refractivity contribution >= 4 is 39.1 Å². The number of sulfonamides is 1. The van der Waals surface area contributed by atoms with E-state index in [0.717, 1.165) is 11.8 Å². The van der Waals surface area contributed by atoms with Gasteiger partial charge in [0.25, 0.3) is 0 Å². The number of carbonyl (C=O) groups excluding carboxylic acids is 2. The van der Waals surface area contributed by atoms with Crippen molar-refractivity contribution in [3.05, 3.63) is 100 Å². The largest absolute Gasteiger partial charge is 0.357 e. The van der Waals surface area contributed by atoms with E-state index in [9.17, 15) is 22.4 Å². The standard InChI is InChI=1S/C29H33ClFN3O4S/c1-21-24(30)14-9-16-26(21)34(39(3,37)38)18-10-17-28(35)33(20-23-13-7-8-15-25(23)31)27(29(36)32-2)19-22-11-5-4-6-12-22/h4-9,11-16,27H,10,17-20H2,1-3H3,(H,32,36)/t27-/m0/s1. The van der Waals surface area contributed by atoms with Crippen molar-refractivity contribution in [3.8, 4) is 0 Å². The third-order valence-electron chi connectivity index (χ3n) is 6.48. The molecular weight excluding hydrogens is 541 g/mol. The Labute approximate surface area is 234 Å². The van der Waals surface area contributed by atoms with E-state index in [1.165, 1.54) is 22.3 Å². The predicted octanol–water partition coefficient (Wildman–Crippen LogP) is 4.72. The highest BCUT2D eigenvalue weighted by Crippen LogP contribution is 2.28. The lowest BCUT2D eigenvalue weighted by molar-refractivity contribution is -0.141. The maximum absolute atomic E-state index is 14.6. The molecule has 3 aromatic carbocycles. The summed E-state index contributed by atoms with van der Waals surface area (Å²) in [7, 11) is -2.18. The van der Waals surface area contributed by atoms with Gasteiger partial charge in [0.1, 0.15) is 11.9 Å². The molecule has 0 radical (unpaired) electrons. The molecule has 0 fully saturated rings. The summed E-state index contributed by atoms with van der Waals surface area (Å²) in [6, 6.07) is 19.5. The van der Waals surface area contributed by atoms with Crippen molar-refractivity contribution in [2.24, 2.45) is 0 Å². The van der Waals surface area contributed by atoms with Crippen molar-refractivity contribution < 1.29 is 22.4 Å². The Kier molecular flexibility index (Phi) is 10.5. The zero-order valence-corrected chi connectivity index (χ0v) is 23.8.